The predicted molar refractivity (Wildman–Crippen MR) is 157 cm³/mol. The lowest BCUT2D eigenvalue weighted by atomic mass is 9.68. The monoisotopic (exact) mass is 595 g/mol. The largest absolute Gasteiger partial charge is 0.465 e. The van der Waals surface area contributed by atoms with Gasteiger partial charge in [-0.1, -0.05) is 18.6 Å². The molecule has 1 amide bonds. The van der Waals surface area contributed by atoms with E-state index in [4.69, 9.17) is 5.26 Å². The van der Waals surface area contributed by atoms with Crippen LogP contribution in [0.2, 0.25) is 0 Å². The van der Waals surface area contributed by atoms with Crippen molar-refractivity contribution in [2.45, 2.75) is 50.6 Å². The van der Waals surface area contributed by atoms with E-state index in [-0.39, 0.29) is 41.0 Å². The molecule has 2 aromatic carbocycles. The zero-order valence-electron chi connectivity index (χ0n) is 24.4. The number of anilines is 1. The van der Waals surface area contributed by atoms with Crippen molar-refractivity contribution >= 4 is 11.8 Å². The third-order valence-electron chi connectivity index (χ3n) is 10.3. The summed E-state index contributed by atoms with van der Waals surface area (Å²) in [5.74, 6) is -0.533. The lowest BCUT2D eigenvalue weighted by Crippen LogP contribution is -2.54. The van der Waals surface area contributed by atoms with Crippen LogP contribution < -0.4 is 10.2 Å². The van der Waals surface area contributed by atoms with E-state index in [2.05, 4.69) is 15.1 Å². The number of carboxylic acid groups (broad SMARTS) is 1. The van der Waals surface area contributed by atoms with Gasteiger partial charge in [0.15, 0.2) is 11.6 Å². The number of nitriles is 1. The van der Waals surface area contributed by atoms with Gasteiger partial charge in [0.1, 0.15) is 11.5 Å². The van der Waals surface area contributed by atoms with Crippen LogP contribution in [0.1, 0.15) is 55.7 Å². The van der Waals surface area contributed by atoms with E-state index >= 15 is 0 Å². The Morgan fingerprint density at radius 2 is 1.72 bits per heavy atom. The third-order valence-corrected chi connectivity index (χ3v) is 10.3. The van der Waals surface area contributed by atoms with Crippen LogP contribution >= 0.6 is 0 Å². The Bertz CT molecular complexity index is 1330. The molecule has 1 saturated carbocycles. The number of carbonyl (C=O) groups is 1. The van der Waals surface area contributed by atoms with Crippen LogP contribution in [0.5, 0.6) is 0 Å². The minimum atomic E-state index is -0.980. The molecular formula is C33H40F3N5O2. The summed E-state index contributed by atoms with van der Waals surface area (Å²) in [4.78, 5) is 18.3. The molecule has 0 unspecified atom stereocenters. The average molecular weight is 596 g/mol. The molecule has 7 nitrogen and oxygen atoms in total. The zero-order chi connectivity index (χ0) is 30.1. The number of halogens is 3. The van der Waals surface area contributed by atoms with Gasteiger partial charge in [-0.3, -0.25) is 4.90 Å². The summed E-state index contributed by atoms with van der Waals surface area (Å²) in [6, 6.07) is 10.9. The third kappa shape index (κ3) is 6.34. The van der Waals surface area contributed by atoms with Gasteiger partial charge in [0.2, 0.25) is 0 Å². The second-order valence-electron chi connectivity index (χ2n) is 12.9. The molecule has 10 heteroatoms. The first-order chi connectivity index (χ1) is 20.8. The number of hydrogen-bond donors (Lipinski definition) is 2. The van der Waals surface area contributed by atoms with Gasteiger partial charge in [0, 0.05) is 37.6 Å². The Hall–Kier alpha value is -3.29. The first kappa shape index (κ1) is 29.8. The summed E-state index contributed by atoms with van der Waals surface area (Å²) in [6.07, 6.45) is 4.89. The molecule has 4 aliphatic rings. The fourth-order valence-corrected chi connectivity index (χ4v) is 8.30. The van der Waals surface area contributed by atoms with Gasteiger partial charge >= 0.3 is 6.09 Å². The van der Waals surface area contributed by atoms with Crippen molar-refractivity contribution in [3.8, 4) is 6.07 Å². The molecule has 3 saturated heterocycles. The molecule has 3 heterocycles. The van der Waals surface area contributed by atoms with Crippen molar-refractivity contribution in [1.29, 1.82) is 5.26 Å². The van der Waals surface area contributed by atoms with Crippen LogP contribution in [0.15, 0.2) is 36.4 Å². The van der Waals surface area contributed by atoms with Crippen LogP contribution in [-0.4, -0.2) is 72.9 Å². The zero-order valence-corrected chi connectivity index (χ0v) is 24.4. The van der Waals surface area contributed by atoms with Crippen molar-refractivity contribution in [1.82, 2.24) is 15.1 Å². The van der Waals surface area contributed by atoms with Gasteiger partial charge in [-0.2, -0.15) is 5.26 Å². The van der Waals surface area contributed by atoms with E-state index < -0.39 is 17.7 Å². The van der Waals surface area contributed by atoms with Gasteiger partial charge in [0.25, 0.3) is 0 Å². The molecule has 0 aromatic heterocycles. The standard InChI is InChI=1S/C33H40F3N5O2/c34-25-5-1-4-24(16-25)31(40-10-3-11-40)30(26-6-2-7-29(26)38-33(42)43)23-8-12-39(13-9-23)18-22-19-41(20-22)32-27(35)14-21(17-37)15-28(32)36/h1,4-5,14-16,22-23,26,29-31,38H,2-3,6-13,18-20H2,(H,42,43)/t26-,29-,30-,31+/m0/s1. The first-order valence-corrected chi connectivity index (χ1v) is 15.7. The molecule has 230 valence electrons. The number of rotatable bonds is 9. The first-order valence-electron chi connectivity index (χ1n) is 15.7. The molecular weight excluding hydrogens is 555 g/mol. The molecule has 4 atom stereocenters. The van der Waals surface area contributed by atoms with Crippen molar-refractivity contribution < 1.29 is 23.1 Å². The van der Waals surface area contributed by atoms with Crippen LogP contribution in [0.25, 0.3) is 0 Å². The summed E-state index contributed by atoms with van der Waals surface area (Å²) in [7, 11) is 0. The lowest BCUT2D eigenvalue weighted by Gasteiger charge is -2.50. The van der Waals surface area contributed by atoms with Crippen molar-refractivity contribution in [2.24, 2.45) is 23.7 Å². The maximum atomic E-state index is 14.5. The highest BCUT2D eigenvalue weighted by atomic mass is 19.1. The number of benzene rings is 2. The minimum absolute atomic E-state index is 0.0200. The predicted octanol–water partition coefficient (Wildman–Crippen LogP) is 5.62. The van der Waals surface area contributed by atoms with Crippen LogP contribution in [0.3, 0.4) is 0 Å². The molecule has 0 radical (unpaired) electrons. The van der Waals surface area contributed by atoms with Crippen LogP contribution in [0, 0.1) is 52.5 Å². The Labute approximate surface area is 251 Å². The van der Waals surface area contributed by atoms with Crippen LogP contribution in [-0.2, 0) is 0 Å². The molecule has 6 rings (SSSR count). The van der Waals surface area contributed by atoms with Gasteiger partial charge < -0.3 is 20.2 Å². The Kier molecular flexibility index (Phi) is 8.83. The van der Waals surface area contributed by atoms with Crippen molar-refractivity contribution in [3.05, 3.63) is 65.0 Å². The van der Waals surface area contributed by atoms with Crippen LogP contribution in [0.4, 0.5) is 23.7 Å². The average Bonchev–Trinajstić information content (AvgIpc) is 3.37. The molecule has 1 aliphatic carbocycles. The molecule has 0 spiro atoms. The highest BCUT2D eigenvalue weighted by Gasteiger charge is 2.46. The number of nitrogens with one attached hydrogen (secondary N) is 1. The molecule has 2 N–H and O–H groups in total. The SMILES string of the molecule is N#Cc1cc(F)c(N2CC(CN3CCC([C@@H]([C@H]4CCC[C@@H]4NC(=O)O)[C@@H](c4cccc(F)c4)N4CCC4)CC3)C2)c(F)c1. The molecule has 3 aliphatic heterocycles. The second kappa shape index (κ2) is 12.7. The summed E-state index contributed by atoms with van der Waals surface area (Å²) >= 11 is 0. The van der Waals surface area contributed by atoms with E-state index in [1.807, 2.05) is 6.07 Å². The van der Waals surface area contributed by atoms with E-state index in [1.165, 1.54) is 6.07 Å². The molecule has 43 heavy (non-hydrogen) atoms. The van der Waals surface area contributed by atoms with E-state index in [9.17, 15) is 23.1 Å². The maximum absolute atomic E-state index is 14.5. The molecule has 4 fully saturated rings. The number of nitrogens with zero attached hydrogens (tertiary/aromatic N) is 4. The number of hydrogen-bond acceptors (Lipinski definition) is 5. The fourth-order valence-electron chi connectivity index (χ4n) is 8.30. The van der Waals surface area contributed by atoms with Gasteiger partial charge in [-0.15, -0.1) is 0 Å². The molecule has 2 aromatic rings. The topological polar surface area (TPSA) is 82.8 Å². The summed E-state index contributed by atoms with van der Waals surface area (Å²) in [5, 5.41) is 21.4. The minimum Gasteiger partial charge on any atom is -0.465 e. The highest BCUT2D eigenvalue weighted by molar-refractivity contribution is 5.65. The second-order valence-corrected chi connectivity index (χ2v) is 12.9. The maximum Gasteiger partial charge on any atom is 0.404 e. The van der Waals surface area contributed by atoms with E-state index in [0.29, 0.717) is 24.9 Å². The highest BCUT2D eigenvalue weighted by Crippen LogP contribution is 2.49. The van der Waals surface area contributed by atoms with Gasteiger partial charge in [-0.25, -0.2) is 18.0 Å². The number of amides is 1. The number of likely N-dealkylation sites (tertiary alicyclic amines) is 2. The van der Waals surface area contributed by atoms with Crippen molar-refractivity contribution in [3.63, 3.8) is 0 Å². The summed E-state index contributed by atoms with van der Waals surface area (Å²) in [5.41, 5.74) is 0.922. The Morgan fingerprint density at radius 1 is 1.00 bits per heavy atom. The number of piperidine rings is 1. The van der Waals surface area contributed by atoms with E-state index in [1.54, 1.807) is 23.1 Å². The fraction of sp³-hybridized carbons (Fsp3) is 0.576. The summed E-state index contributed by atoms with van der Waals surface area (Å²) in [6.45, 7) is 5.78. The normalized spacial score (nSPS) is 25.0. The smallest absolute Gasteiger partial charge is 0.404 e. The Balaban J connectivity index is 1.14. The van der Waals surface area contributed by atoms with Gasteiger partial charge in [-0.05, 0) is 106 Å². The van der Waals surface area contributed by atoms with E-state index in [0.717, 1.165) is 88.9 Å². The quantitative estimate of drug-likeness (QED) is 0.392. The van der Waals surface area contributed by atoms with Crippen molar-refractivity contribution in [2.75, 3.05) is 50.7 Å². The molecule has 0 bridgehead atoms. The summed E-state index contributed by atoms with van der Waals surface area (Å²) < 4.78 is 43.5. The lowest BCUT2D eigenvalue weighted by molar-refractivity contribution is -0.000952. The van der Waals surface area contributed by atoms with Gasteiger partial charge in [0.05, 0.1) is 11.6 Å². The Morgan fingerprint density at radius 3 is 2.33 bits per heavy atom.